The number of benzene rings is 2. The molecule has 1 aromatic heterocycles. The van der Waals surface area contributed by atoms with Gasteiger partial charge in [-0.2, -0.15) is 0 Å². The first-order valence-electron chi connectivity index (χ1n) is 13.9. The van der Waals surface area contributed by atoms with Gasteiger partial charge < -0.3 is 20.3 Å². The van der Waals surface area contributed by atoms with Crippen LogP contribution in [0.2, 0.25) is 0 Å². The average Bonchev–Trinajstić information content (AvgIpc) is 3.50. The van der Waals surface area contributed by atoms with Crippen LogP contribution in [-0.2, 0) is 11.2 Å². The fourth-order valence-electron chi connectivity index (χ4n) is 6.01. The van der Waals surface area contributed by atoms with Gasteiger partial charge in [0.1, 0.15) is 12.4 Å². The van der Waals surface area contributed by atoms with Gasteiger partial charge in [0.2, 0.25) is 5.91 Å². The third-order valence-corrected chi connectivity index (χ3v) is 8.87. The molecule has 1 fully saturated rings. The second-order valence-corrected chi connectivity index (χ2v) is 12.1. The third-order valence-electron chi connectivity index (χ3n) is 7.92. The van der Waals surface area contributed by atoms with E-state index < -0.39 is 0 Å². The minimum atomic E-state index is -0.162. The summed E-state index contributed by atoms with van der Waals surface area (Å²) in [6.07, 6.45) is 9.83. The van der Waals surface area contributed by atoms with Crippen molar-refractivity contribution >= 4 is 39.2 Å². The predicted octanol–water partition coefficient (Wildman–Crippen LogP) is 4.72. The molecule has 9 heteroatoms. The normalized spacial score (nSPS) is 20.7. The zero-order valence-corrected chi connectivity index (χ0v) is 23.7. The molecule has 8 nitrogen and oxygen atoms in total. The molecule has 2 N–H and O–H groups in total. The number of carbonyl (C=O) groups excluding carboxylic acids is 2. The van der Waals surface area contributed by atoms with Crippen LogP contribution in [0.3, 0.4) is 0 Å². The maximum Gasteiger partial charge on any atom is 0.321 e. The van der Waals surface area contributed by atoms with E-state index in [0.717, 1.165) is 46.2 Å². The van der Waals surface area contributed by atoms with Gasteiger partial charge in [0.15, 0.2) is 0 Å². The number of anilines is 1. The lowest BCUT2D eigenvalue weighted by Gasteiger charge is -2.36. The van der Waals surface area contributed by atoms with E-state index >= 15 is 0 Å². The first-order valence-corrected chi connectivity index (χ1v) is 14.8. The summed E-state index contributed by atoms with van der Waals surface area (Å²) in [5, 5.41) is 7.16. The Balaban J connectivity index is 1.00. The zero-order chi connectivity index (χ0) is 27.6. The number of rotatable bonds is 7. The highest BCUT2D eigenvalue weighted by Gasteiger charge is 2.30. The molecule has 208 valence electrons. The topological polar surface area (TPSA) is 86.8 Å². The molecule has 1 aliphatic heterocycles. The monoisotopic (exact) mass is 557 g/mol. The van der Waals surface area contributed by atoms with Crippen molar-refractivity contribution in [3.8, 4) is 5.75 Å². The molecule has 40 heavy (non-hydrogen) atoms. The lowest BCUT2D eigenvalue weighted by atomic mass is 9.89. The molecule has 1 saturated heterocycles. The van der Waals surface area contributed by atoms with E-state index in [1.807, 2.05) is 36.1 Å². The van der Waals surface area contributed by atoms with Gasteiger partial charge in [0.05, 0.1) is 21.3 Å². The molecule has 0 radical (unpaired) electrons. The Morgan fingerprint density at radius 3 is 2.75 bits per heavy atom. The molecule has 0 bridgehead atoms. The lowest BCUT2D eigenvalue weighted by molar-refractivity contribution is -0.120. The number of piperazine rings is 1. The lowest BCUT2D eigenvalue weighted by Crippen LogP contribution is -2.54. The van der Waals surface area contributed by atoms with Crippen LogP contribution in [-0.4, -0.2) is 72.1 Å². The molecular formula is C31H35N5O3S. The number of aromatic nitrogens is 1. The van der Waals surface area contributed by atoms with Gasteiger partial charge in [-0.3, -0.25) is 9.69 Å². The Hall–Kier alpha value is -3.69. The van der Waals surface area contributed by atoms with E-state index in [0.29, 0.717) is 38.1 Å². The number of allylic oxidation sites excluding steroid dienone is 4. The van der Waals surface area contributed by atoms with Gasteiger partial charge in [0.25, 0.3) is 0 Å². The summed E-state index contributed by atoms with van der Waals surface area (Å²) in [4.78, 5) is 33.6. The van der Waals surface area contributed by atoms with Crippen molar-refractivity contribution in [2.75, 3.05) is 44.6 Å². The van der Waals surface area contributed by atoms with Crippen molar-refractivity contribution in [1.82, 2.24) is 20.1 Å². The summed E-state index contributed by atoms with van der Waals surface area (Å²) in [5.74, 6) is 1.64. The highest BCUT2D eigenvalue weighted by atomic mass is 32.1. The van der Waals surface area contributed by atoms with Crippen LogP contribution in [0.25, 0.3) is 10.2 Å². The number of nitrogens with one attached hydrogen (secondary N) is 2. The van der Waals surface area contributed by atoms with E-state index in [2.05, 4.69) is 57.0 Å². The van der Waals surface area contributed by atoms with Crippen LogP contribution >= 0.6 is 11.3 Å². The molecule has 2 aromatic carbocycles. The fourth-order valence-corrected chi connectivity index (χ4v) is 6.81. The quantitative estimate of drug-likeness (QED) is 0.439. The first-order chi connectivity index (χ1) is 19.4. The van der Waals surface area contributed by atoms with Crippen LogP contribution in [0, 0.1) is 12.8 Å². The molecule has 2 heterocycles. The van der Waals surface area contributed by atoms with Crippen LogP contribution in [0.15, 0.2) is 60.7 Å². The number of amides is 3. The number of nitrogens with zero attached hydrogens (tertiary/aromatic N) is 3. The molecule has 3 atom stereocenters. The van der Waals surface area contributed by atoms with E-state index in [4.69, 9.17) is 4.74 Å². The standard InChI is InChI=1S/C31H35N5O3S/c1-20(37)32-25(19-39-26-8-10-30-29(17-26)33-21(2)40-30)18-35-11-13-36(14-12-35)31(38)34-24-7-9-28-23(16-24)15-22-5-3-4-6-27(22)28/h3-10,16-17,22,25,27H,11-15,18-19H2,1-2H3,(H,32,37)(H,34,38). The second-order valence-electron chi connectivity index (χ2n) is 10.9. The van der Waals surface area contributed by atoms with Gasteiger partial charge >= 0.3 is 6.03 Å². The van der Waals surface area contributed by atoms with Crippen molar-refractivity contribution in [1.29, 1.82) is 0 Å². The Labute approximate surface area is 238 Å². The smallest absolute Gasteiger partial charge is 0.321 e. The Kier molecular flexibility index (Phi) is 7.58. The van der Waals surface area contributed by atoms with Gasteiger partial charge in [-0.15, -0.1) is 11.3 Å². The molecule has 6 rings (SSSR count). The average molecular weight is 558 g/mol. The van der Waals surface area contributed by atoms with E-state index in [1.165, 1.54) is 18.1 Å². The number of aryl methyl sites for hydroxylation is 1. The van der Waals surface area contributed by atoms with Crippen LogP contribution in [0.1, 0.15) is 29.0 Å². The van der Waals surface area contributed by atoms with Gasteiger partial charge in [0, 0.05) is 57.3 Å². The SMILES string of the molecule is CC(=O)NC(COc1ccc2sc(C)nc2c1)CN1CCN(C(=O)Nc2ccc3c(c2)CC2C=CC=CC32)CC1. The maximum atomic E-state index is 13.0. The number of hydrogen-bond donors (Lipinski definition) is 2. The molecule has 0 saturated carbocycles. The highest BCUT2D eigenvalue weighted by molar-refractivity contribution is 7.18. The Bertz CT molecular complexity index is 1470. The Morgan fingerprint density at radius 2 is 1.93 bits per heavy atom. The summed E-state index contributed by atoms with van der Waals surface area (Å²) in [6.45, 7) is 7.27. The van der Waals surface area contributed by atoms with Crippen molar-refractivity contribution in [3.63, 3.8) is 0 Å². The van der Waals surface area contributed by atoms with Crippen molar-refractivity contribution in [2.24, 2.45) is 5.92 Å². The number of fused-ring (bicyclic) bond motifs is 4. The number of hydrogen-bond acceptors (Lipinski definition) is 6. The minimum absolute atomic E-state index is 0.0655. The highest BCUT2D eigenvalue weighted by Crippen LogP contribution is 2.42. The summed E-state index contributed by atoms with van der Waals surface area (Å²) in [6, 6.07) is 12.0. The minimum Gasteiger partial charge on any atom is -0.491 e. The maximum absolute atomic E-state index is 13.0. The number of thiazole rings is 1. The van der Waals surface area contributed by atoms with Crippen molar-refractivity contribution in [3.05, 3.63) is 76.8 Å². The third kappa shape index (κ3) is 5.90. The van der Waals surface area contributed by atoms with E-state index in [9.17, 15) is 9.59 Å². The van der Waals surface area contributed by atoms with Crippen molar-refractivity contribution < 1.29 is 14.3 Å². The summed E-state index contributed by atoms with van der Waals surface area (Å²) in [7, 11) is 0. The molecule has 3 aromatic rings. The van der Waals surface area contributed by atoms with Gasteiger partial charge in [-0.25, -0.2) is 9.78 Å². The molecule has 3 unspecified atom stereocenters. The van der Waals surface area contributed by atoms with E-state index in [1.54, 1.807) is 11.3 Å². The predicted molar refractivity (Wildman–Crippen MR) is 159 cm³/mol. The zero-order valence-electron chi connectivity index (χ0n) is 22.9. The fraction of sp³-hybridized carbons (Fsp3) is 0.387. The van der Waals surface area contributed by atoms with Gasteiger partial charge in [-0.1, -0.05) is 30.4 Å². The number of urea groups is 1. The number of ether oxygens (including phenoxy) is 1. The van der Waals surface area contributed by atoms with Crippen LogP contribution in [0.4, 0.5) is 10.5 Å². The van der Waals surface area contributed by atoms with Crippen LogP contribution in [0.5, 0.6) is 5.75 Å². The largest absolute Gasteiger partial charge is 0.491 e. The number of carbonyl (C=O) groups is 2. The molecule has 2 aliphatic carbocycles. The van der Waals surface area contributed by atoms with Crippen LogP contribution < -0.4 is 15.4 Å². The van der Waals surface area contributed by atoms with Crippen molar-refractivity contribution in [2.45, 2.75) is 32.2 Å². The molecule has 3 amide bonds. The summed E-state index contributed by atoms with van der Waals surface area (Å²) < 4.78 is 7.19. The Morgan fingerprint density at radius 1 is 1.10 bits per heavy atom. The van der Waals surface area contributed by atoms with E-state index in [-0.39, 0.29) is 18.0 Å². The molecular weight excluding hydrogens is 522 g/mol. The van der Waals surface area contributed by atoms with Gasteiger partial charge in [-0.05, 0) is 54.7 Å². The summed E-state index contributed by atoms with van der Waals surface area (Å²) in [5.41, 5.74) is 4.47. The first kappa shape index (κ1) is 26.5. The molecule has 3 aliphatic rings. The second kappa shape index (κ2) is 11.4. The molecule has 0 spiro atoms. The summed E-state index contributed by atoms with van der Waals surface area (Å²) >= 11 is 1.66.